The van der Waals surface area contributed by atoms with Gasteiger partial charge in [-0.2, -0.15) is 0 Å². The molecule has 2 aromatic carbocycles. The summed E-state index contributed by atoms with van der Waals surface area (Å²) in [4.78, 5) is 19.9. The first-order valence-corrected chi connectivity index (χ1v) is 7.80. The van der Waals surface area contributed by atoms with E-state index in [-0.39, 0.29) is 18.5 Å². The van der Waals surface area contributed by atoms with Crippen LogP contribution in [0, 0.1) is 0 Å². The number of ether oxygens (including phenoxy) is 2. The Morgan fingerprint density at radius 1 is 0.960 bits per heavy atom. The summed E-state index contributed by atoms with van der Waals surface area (Å²) in [7, 11) is 0. The molecular formula is C18H14ClN3O3. The van der Waals surface area contributed by atoms with Crippen molar-refractivity contribution in [3.05, 3.63) is 72.0 Å². The maximum atomic E-state index is 11.9. The number of rotatable bonds is 6. The van der Waals surface area contributed by atoms with Crippen molar-refractivity contribution in [3.8, 4) is 17.5 Å². The van der Waals surface area contributed by atoms with Gasteiger partial charge in [0.25, 0.3) is 5.91 Å². The van der Waals surface area contributed by atoms with E-state index in [4.69, 9.17) is 21.1 Å². The minimum absolute atomic E-state index is 0.0995. The van der Waals surface area contributed by atoms with Crippen molar-refractivity contribution in [2.75, 3.05) is 11.9 Å². The largest absolute Gasteiger partial charge is 0.484 e. The van der Waals surface area contributed by atoms with Crippen molar-refractivity contribution in [2.45, 2.75) is 0 Å². The van der Waals surface area contributed by atoms with E-state index in [0.717, 1.165) is 0 Å². The first kappa shape index (κ1) is 16.7. The molecule has 6 nitrogen and oxygen atoms in total. The number of nitrogens with zero attached hydrogens (tertiary/aromatic N) is 2. The molecule has 1 aromatic heterocycles. The van der Waals surface area contributed by atoms with Crippen LogP contribution >= 0.6 is 11.6 Å². The lowest BCUT2D eigenvalue weighted by Gasteiger charge is -2.08. The number of halogens is 1. The zero-order valence-electron chi connectivity index (χ0n) is 13.1. The number of nitrogens with one attached hydrogen (secondary N) is 1. The minimum Gasteiger partial charge on any atom is -0.484 e. The Bertz CT molecular complexity index is 824. The highest BCUT2D eigenvalue weighted by Crippen LogP contribution is 2.20. The number of hydrogen-bond acceptors (Lipinski definition) is 5. The highest BCUT2D eigenvalue weighted by molar-refractivity contribution is 6.30. The van der Waals surface area contributed by atoms with Crippen LogP contribution in [0.15, 0.2) is 67.0 Å². The molecule has 0 spiro atoms. The fraction of sp³-hybridized carbons (Fsp3) is 0.0556. The maximum Gasteiger partial charge on any atom is 0.321 e. The summed E-state index contributed by atoms with van der Waals surface area (Å²) >= 11 is 5.79. The molecule has 7 heteroatoms. The minimum atomic E-state index is -0.269. The van der Waals surface area contributed by atoms with Gasteiger partial charge in [-0.25, -0.2) is 9.97 Å². The van der Waals surface area contributed by atoms with E-state index in [2.05, 4.69) is 15.3 Å². The molecule has 0 saturated carbocycles. The van der Waals surface area contributed by atoms with Crippen LogP contribution in [0.25, 0.3) is 0 Å². The van der Waals surface area contributed by atoms with Crippen LogP contribution in [0.1, 0.15) is 0 Å². The number of carbonyl (C=O) groups excluding carboxylic acids is 1. The van der Waals surface area contributed by atoms with Crippen molar-refractivity contribution in [1.29, 1.82) is 0 Å². The van der Waals surface area contributed by atoms with Gasteiger partial charge in [0.1, 0.15) is 11.5 Å². The van der Waals surface area contributed by atoms with Gasteiger partial charge in [0.15, 0.2) is 6.61 Å². The van der Waals surface area contributed by atoms with Crippen molar-refractivity contribution >= 4 is 23.2 Å². The molecule has 0 aliphatic rings. The SMILES string of the molecule is O=C(COc1ccc(Cl)cc1)Nc1ccc(Oc2ncccn2)cc1. The van der Waals surface area contributed by atoms with Gasteiger partial charge in [-0.1, -0.05) is 11.6 Å². The Morgan fingerprint density at radius 2 is 1.60 bits per heavy atom. The third-order valence-corrected chi connectivity index (χ3v) is 3.32. The van der Waals surface area contributed by atoms with Crippen LogP contribution in [-0.4, -0.2) is 22.5 Å². The number of aromatic nitrogens is 2. The molecule has 0 radical (unpaired) electrons. The highest BCUT2D eigenvalue weighted by atomic mass is 35.5. The molecule has 25 heavy (non-hydrogen) atoms. The molecule has 0 bridgehead atoms. The average molecular weight is 356 g/mol. The Balaban J connectivity index is 1.50. The van der Waals surface area contributed by atoms with Crippen LogP contribution in [0.5, 0.6) is 17.5 Å². The normalized spacial score (nSPS) is 10.1. The summed E-state index contributed by atoms with van der Waals surface area (Å²) < 4.78 is 10.9. The summed E-state index contributed by atoms with van der Waals surface area (Å²) in [6, 6.07) is 15.6. The van der Waals surface area contributed by atoms with Crippen LogP contribution in [-0.2, 0) is 4.79 Å². The van der Waals surface area contributed by atoms with Gasteiger partial charge in [0, 0.05) is 23.1 Å². The van der Waals surface area contributed by atoms with Gasteiger partial charge in [-0.05, 0) is 54.6 Å². The second kappa shape index (κ2) is 8.12. The second-order valence-corrected chi connectivity index (χ2v) is 5.39. The topological polar surface area (TPSA) is 73.3 Å². The standard InChI is InChI=1S/C18H14ClN3O3/c19-13-2-6-15(7-3-13)24-12-17(23)22-14-4-8-16(9-5-14)25-18-20-10-1-11-21-18/h1-11H,12H2,(H,22,23). The Kier molecular flexibility index (Phi) is 5.43. The molecule has 1 N–H and O–H groups in total. The van der Waals surface area contributed by atoms with Gasteiger partial charge in [-0.3, -0.25) is 4.79 Å². The van der Waals surface area contributed by atoms with Crippen LogP contribution in [0.4, 0.5) is 5.69 Å². The number of benzene rings is 2. The molecule has 0 aliphatic heterocycles. The van der Waals surface area contributed by atoms with Gasteiger partial charge < -0.3 is 14.8 Å². The lowest BCUT2D eigenvalue weighted by molar-refractivity contribution is -0.118. The lowest BCUT2D eigenvalue weighted by Crippen LogP contribution is -2.20. The summed E-state index contributed by atoms with van der Waals surface area (Å²) in [5.74, 6) is 0.878. The maximum absolute atomic E-state index is 11.9. The molecule has 0 atom stereocenters. The second-order valence-electron chi connectivity index (χ2n) is 4.95. The summed E-state index contributed by atoms with van der Waals surface area (Å²) in [6.45, 7) is -0.0995. The van der Waals surface area contributed by atoms with Gasteiger partial charge in [0.2, 0.25) is 0 Å². The van der Waals surface area contributed by atoms with Crippen LogP contribution < -0.4 is 14.8 Å². The highest BCUT2D eigenvalue weighted by Gasteiger charge is 2.05. The lowest BCUT2D eigenvalue weighted by atomic mass is 10.3. The number of carbonyl (C=O) groups is 1. The predicted molar refractivity (Wildman–Crippen MR) is 94.1 cm³/mol. The van der Waals surface area contributed by atoms with Gasteiger partial charge >= 0.3 is 6.01 Å². The van der Waals surface area contributed by atoms with Crippen LogP contribution in [0.2, 0.25) is 5.02 Å². The van der Waals surface area contributed by atoms with Crippen molar-refractivity contribution < 1.29 is 14.3 Å². The summed E-state index contributed by atoms with van der Waals surface area (Å²) in [6.07, 6.45) is 3.19. The molecule has 0 saturated heterocycles. The molecule has 0 fully saturated rings. The van der Waals surface area contributed by atoms with E-state index in [9.17, 15) is 4.79 Å². The van der Waals surface area contributed by atoms with Crippen molar-refractivity contribution in [2.24, 2.45) is 0 Å². The van der Waals surface area contributed by atoms with Gasteiger partial charge in [0.05, 0.1) is 0 Å². The Morgan fingerprint density at radius 3 is 2.28 bits per heavy atom. The Labute approximate surface area is 149 Å². The molecule has 1 amide bonds. The summed E-state index contributed by atoms with van der Waals surface area (Å²) in [5, 5.41) is 3.35. The van der Waals surface area contributed by atoms with E-state index < -0.39 is 0 Å². The number of anilines is 1. The van der Waals surface area contributed by atoms with Crippen LogP contribution in [0.3, 0.4) is 0 Å². The zero-order valence-corrected chi connectivity index (χ0v) is 13.8. The monoisotopic (exact) mass is 355 g/mol. The third-order valence-electron chi connectivity index (χ3n) is 3.07. The van der Waals surface area contributed by atoms with E-state index in [0.29, 0.717) is 22.2 Å². The third kappa shape index (κ3) is 5.19. The van der Waals surface area contributed by atoms with Gasteiger partial charge in [-0.15, -0.1) is 0 Å². The average Bonchev–Trinajstić information content (AvgIpc) is 2.64. The quantitative estimate of drug-likeness (QED) is 0.725. The zero-order chi connectivity index (χ0) is 17.5. The van der Waals surface area contributed by atoms with E-state index in [1.54, 1.807) is 67.0 Å². The van der Waals surface area contributed by atoms with E-state index in [1.807, 2.05) is 0 Å². The molecule has 0 unspecified atom stereocenters. The molecular weight excluding hydrogens is 342 g/mol. The van der Waals surface area contributed by atoms with Crippen molar-refractivity contribution in [1.82, 2.24) is 9.97 Å². The first-order chi connectivity index (χ1) is 12.2. The number of amides is 1. The van der Waals surface area contributed by atoms with E-state index in [1.165, 1.54) is 0 Å². The van der Waals surface area contributed by atoms with E-state index >= 15 is 0 Å². The molecule has 1 heterocycles. The molecule has 126 valence electrons. The fourth-order valence-electron chi connectivity index (χ4n) is 1.93. The Hall–Kier alpha value is -3.12. The predicted octanol–water partition coefficient (Wildman–Crippen LogP) is 3.94. The fourth-order valence-corrected chi connectivity index (χ4v) is 2.05. The molecule has 0 aliphatic carbocycles. The summed E-state index contributed by atoms with van der Waals surface area (Å²) in [5.41, 5.74) is 0.631. The molecule has 3 aromatic rings. The van der Waals surface area contributed by atoms with Crippen molar-refractivity contribution in [3.63, 3.8) is 0 Å². The smallest absolute Gasteiger partial charge is 0.321 e. The molecule has 3 rings (SSSR count). The first-order valence-electron chi connectivity index (χ1n) is 7.42. The number of hydrogen-bond donors (Lipinski definition) is 1.